The molecule has 0 bridgehead atoms. The van der Waals surface area contributed by atoms with Gasteiger partial charge in [0.2, 0.25) is 0 Å². The highest BCUT2D eigenvalue weighted by Crippen LogP contribution is 2.36. The molecule has 2 N–H and O–H groups in total. The van der Waals surface area contributed by atoms with Crippen LogP contribution >= 0.6 is 0 Å². The third-order valence-electron chi connectivity index (χ3n) is 3.42. The molecule has 0 atom stereocenters. The molecule has 0 saturated heterocycles. The first-order valence-electron chi connectivity index (χ1n) is 5.93. The summed E-state index contributed by atoms with van der Waals surface area (Å²) < 4.78 is 5.86. The first-order valence-corrected chi connectivity index (χ1v) is 5.93. The molecule has 0 fully saturated rings. The van der Waals surface area contributed by atoms with Crippen LogP contribution in [0.1, 0.15) is 0 Å². The zero-order valence-corrected chi connectivity index (χ0v) is 9.68. The van der Waals surface area contributed by atoms with E-state index in [1.165, 1.54) is 0 Å². The minimum absolute atomic E-state index is 0.796. The number of fused-ring (bicyclic) bond motifs is 5. The second kappa shape index (κ2) is 3.26. The Labute approximate surface area is 104 Å². The summed E-state index contributed by atoms with van der Waals surface area (Å²) >= 11 is 0. The molecule has 0 unspecified atom stereocenters. The first-order chi connectivity index (χ1) is 8.84. The zero-order valence-electron chi connectivity index (χ0n) is 9.68. The summed E-state index contributed by atoms with van der Waals surface area (Å²) in [6.07, 6.45) is 0. The maximum atomic E-state index is 6.13. The van der Waals surface area contributed by atoms with E-state index in [0.29, 0.717) is 0 Å². The molecule has 0 aliphatic carbocycles. The molecular formula is C16H11NO. The van der Waals surface area contributed by atoms with Crippen LogP contribution in [0.2, 0.25) is 0 Å². The standard InChI is InChI=1S/C16H11NO/c17-12-6-3-4-10-8-9-14-16(15(10)12)11-5-1-2-7-13(11)18-14/h1-9H,17H2. The Kier molecular flexibility index (Phi) is 1.73. The van der Waals surface area contributed by atoms with Crippen LogP contribution in [0.15, 0.2) is 59.0 Å². The maximum absolute atomic E-state index is 6.13. The molecule has 1 aromatic heterocycles. The van der Waals surface area contributed by atoms with Crippen LogP contribution < -0.4 is 5.73 Å². The fourth-order valence-corrected chi connectivity index (χ4v) is 2.62. The number of hydrogen-bond acceptors (Lipinski definition) is 2. The van der Waals surface area contributed by atoms with Crippen molar-refractivity contribution < 1.29 is 4.42 Å². The summed E-state index contributed by atoms with van der Waals surface area (Å²) in [5.41, 5.74) is 8.72. The predicted molar refractivity (Wildman–Crippen MR) is 75.6 cm³/mol. The monoisotopic (exact) mass is 233 g/mol. The molecule has 0 amide bonds. The number of nitrogens with two attached hydrogens (primary N) is 1. The van der Waals surface area contributed by atoms with Crippen molar-refractivity contribution in [2.75, 3.05) is 5.73 Å². The van der Waals surface area contributed by atoms with Crippen molar-refractivity contribution in [3.05, 3.63) is 54.6 Å². The number of para-hydroxylation sites is 1. The highest BCUT2D eigenvalue weighted by atomic mass is 16.3. The molecule has 0 saturated carbocycles. The topological polar surface area (TPSA) is 39.2 Å². The molecule has 3 aromatic carbocycles. The molecule has 4 aromatic rings. The molecule has 0 aliphatic rings. The van der Waals surface area contributed by atoms with Gasteiger partial charge < -0.3 is 10.2 Å². The van der Waals surface area contributed by atoms with Gasteiger partial charge >= 0.3 is 0 Å². The normalized spacial score (nSPS) is 11.6. The lowest BCUT2D eigenvalue weighted by Gasteiger charge is -2.02. The van der Waals surface area contributed by atoms with Crippen LogP contribution in [-0.2, 0) is 0 Å². The largest absolute Gasteiger partial charge is 0.456 e. The Morgan fingerprint density at radius 3 is 2.56 bits per heavy atom. The van der Waals surface area contributed by atoms with Crippen molar-refractivity contribution in [3.63, 3.8) is 0 Å². The van der Waals surface area contributed by atoms with E-state index in [9.17, 15) is 0 Å². The van der Waals surface area contributed by atoms with Gasteiger partial charge in [0, 0.05) is 21.8 Å². The van der Waals surface area contributed by atoms with Gasteiger partial charge in [-0.15, -0.1) is 0 Å². The van der Waals surface area contributed by atoms with Gasteiger partial charge in [0.15, 0.2) is 0 Å². The Hall–Kier alpha value is -2.48. The van der Waals surface area contributed by atoms with Gasteiger partial charge in [-0.05, 0) is 23.6 Å². The van der Waals surface area contributed by atoms with Crippen LogP contribution in [-0.4, -0.2) is 0 Å². The van der Waals surface area contributed by atoms with Gasteiger partial charge in [0.1, 0.15) is 11.2 Å². The SMILES string of the molecule is Nc1cccc2ccc3oc4ccccc4c3c12. The fourth-order valence-electron chi connectivity index (χ4n) is 2.62. The number of anilines is 1. The molecule has 0 spiro atoms. The van der Waals surface area contributed by atoms with Crippen LogP contribution in [0.5, 0.6) is 0 Å². The quantitative estimate of drug-likeness (QED) is 0.459. The second-order valence-corrected chi connectivity index (χ2v) is 4.48. The average Bonchev–Trinajstić information content (AvgIpc) is 2.77. The fraction of sp³-hybridized carbons (Fsp3) is 0. The summed E-state index contributed by atoms with van der Waals surface area (Å²) in [4.78, 5) is 0. The van der Waals surface area contributed by atoms with Crippen molar-refractivity contribution in [1.29, 1.82) is 0 Å². The summed E-state index contributed by atoms with van der Waals surface area (Å²) in [5.74, 6) is 0. The van der Waals surface area contributed by atoms with Gasteiger partial charge in [-0.2, -0.15) is 0 Å². The van der Waals surface area contributed by atoms with E-state index >= 15 is 0 Å². The van der Waals surface area contributed by atoms with Crippen molar-refractivity contribution in [2.24, 2.45) is 0 Å². The van der Waals surface area contributed by atoms with Crippen molar-refractivity contribution >= 4 is 38.4 Å². The van der Waals surface area contributed by atoms with Crippen LogP contribution in [0.25, 0.3) is 32.7 Å². The van der Waals surface area contributed by atoms with Crippen molar-refractivity contribution in [1.82, 2.24) is 0 Å². The highest BCUT2D eigenvalue weighted by molar-refractivity contribution is 6.22. The van der Waals surface area contributed by atoms with Crippen LogP contribution in [0.4, 0.5) is 5.69 Å². The van der Waals surface area contributed by atoms with Crippen molar-refractivity contribution in [3.8, 4) is 0 Å². The number of furan rings is 1. The van der Waals surface area contributed by atoms with E-state index in [1.807, 2.05) is 36.4 Å². The van der Waals surface area contributed by atoms with E-state index in [2.05, 4.69) is 18.2 Å². The lowest BCUT2D eigenvalue weighted by atomic mass is 10.0. The summed E-state index contributed by atoms with van der Waals surface area (Å²) in [6, 6.07) is 18.1. The predicted octanol–water partition coefficient (Wildman–Crippen LogP) is 4.32. The highest BCUT2D eigenvalue weighted by Gasteiger charge is 2.11. The zero-order chi connectivity index (χ0) is 12.1. The van der Waals surface area contributed by atoms with E-state index in [0.717, 1.165) is 38.4 Å². The molecule has 2 heteroatoms. The summed E-state index contributed by atoms with van der Waals surface area (Å²) in [5, 5.41) is 4.46. The van der Waals surface area contributed by atoms with E-state index in [1.54, 1.807) is 0 Å². The summed E-state index contributed by atoms with van der Waals surface area (Å²) in [7, 11) is 0. The first kappa shape index (κ1) is 9.54. The molecule has 2 nitrogen and oxygen atoms in total. The number of rotatable bonds is 0. The number of hydrogen-bond donors (Lipinski definition) is 1. The maximum Gasteiger partial charge on any atom is 0.136 e. The Bertz CT molecular complexity index is 889. The molecule has 18 heavy (non-hydrogen) atoms. The number of benzene rings is 3. The third-order valence-corrected chi connectivity index (χ3v) is 3.42. The van der Waals surface area contributed by atoms with E-state index in [4.69, 9.17) is 10.2 Å². The lowest BCUT2D eigenvalue weighted by Crippen LogP contribution is -1.86. The van der Waals surface area contributed by atoms with Gasteiger partial charge in [0.25, 0.3) is 0 Å². The van der Waals surface area contributed by atoms with Gasteiger partial charge in [0.05, 0.1) is 0 Å². The molecule has 1 heterocycles. The minimum atomic E-state index is 0.796. The molecule has 0 aliphatic heterocycles. The molecule has 4 rings (SSSR count). The lowest BCUT2D eigenvalue weighted by molar-refractivity contribution is 0.669. The van der Waals surface area contributed by atoms with E-state index < -0.39 is 0 Å². The van der Waals surface area contributed by atoms with Gasteiger partial charge in [-0.3, -0.25) is 0 Å². The van der Waals surface area contributed by atoms with E-state index in [-0.39, 0.29) is 0 Å². The minimum Gasteiger partial charge on any atom is -0.456 e. The molecular weight excluding hydrogens is 222 g/mol. The van der Waals surface area contributed by atoms with Crippen LogP contribution in [0, 0.1) is 0 Å². The number of nitrogen functional groups attached to an aromatic ring is 1. The Balaban J connectivity index is 2.40. The molecule has 0 radical (unpaired) electrons. The van der Waals surface area contributed by atoms with Gasteiger partial charge in [-0.1, -0.05) is 36.4 Å². The smallest absolute Gasteiger partial charge is 0.136 e. The third kappa shape index (κ3) is 1.12. The van der Waals surface area contributed by atoms with Crippen molar-refractivity contribution in [2.45, 2.75) is 0 Å². The Morgan fingerprint density at radius 1 is 0.722 bits per heavy atom. The van der Waals surface area contributed by atoms with Crippen LogP contribution in [0.3, 0.4) is 0 Å². The summed E-state index contributed by atoms with van der Waals surface area (Å²) in [6.45, 7) is 0. The molecule has 86 valence electrons. The Morgan fingerprint density at radius 2 is 1.61 bits per heavy atom. The second-order valence-electron chi connectivity index (χ2n) is 4.48. The average molecular weight is 233 g/mol. The van der Waals surface area contributed by atoms with Gasteiger partial charge in [-0.25, -0.2) is 0 Å².